The van der Waals surface area contributed by atoms with Gasteiger partial charge in [0, 0.05) is 11.9 Å². The minimum absolute atomic E-state index is 0.313. The third-order valence-corrected chi connectivity index (χ3v) is 4.31. The first-order chi connectivity index (χ1) is 12.9. The van der Waals surface area contributed by atoms with E-state index in [1.807, 2.05) is 6.92 Å². The predicted molar refractivity (Wildman–Crippen MR) is 105 cm³/mol. The van der Waals surface area contributed by atoms with E-state index in [-0.39, 0.29) is 0 Å². The SMILES string of the molecule is CCCOC(=O)c1cccc(NC(=O)c2c(C)nc3c(Cl)cc(Cl)cn23)c1. The van der Waals surface area contributed by atoms with Crippen LogP contribution in [-0.2, 0) is 4.74 Å². The van der Waals surface area contributed by atoms with E-state index in [1.54, 1.807) is 47.9 Å². The summed E-state index contributed by atoms with van der Waals surface area (Å²) < 4.78 is 6.67. The number of nitrogens with one attached hydrogen (secondary N) is 1. The fourth-order valence-corrected chi connectivity index (χ4v) is 3.17. The van der Waals surface area contributed by atoms with Crippen LogP contribution >= 0.6 is 23.2 Å². The van der Waals surface area contributed by atoms with Gasteiger partial charge in [-0.3, -0.25) is 9.20 Å². The number of carbonyl (C=O) groups excluding carboxylic acids is 2. The number of anilines is 1. The smallest absolute Gasteiger partial charge is 0.338 e. The number of carbonyl (C=O) groups is 2. The maximum Gasteiger partial charge on any atom is 0.338 e. The molecule has 0 aliphatic heterocycles. The molecule has 27 heavy (non-hydrogen) atoms. The number of amides is 1. The van der Waals surface area contributed by atoms with E-state index in [4.69, 9.17) is 27.9 Å². The number of rotatable bonds is 5. The Kier molecular flexibility index (Phi) is 5.68. The molecule has 0 aliphatic carbocycles. The standard InChI is InChI=1S/C19H17Cl2N3O3/c1-3-7-27-19(26)12-5-4-6-14(8-12)23-18(25)16-11(2)22-17-15(21)9-13(20)10-24(16)17/h4-6,8-10H,3,7H2,1-2H3,(H,23,25). The molecule has 3 rings (SSSR count). The lowest BCUT2D eigenvalue weighted by Crippen LogP contribution is -2.16. The van der Waals surface area contributed by atoms with Crippen LogP contribution in [0.2, 0.25) is 10.0 Å². The van der Waals surface area contributed by atoms with Crippen molar-refractivity contribution in [1.82, 2.24) is 9.38 Å². The number of halogens is 2. The third kappa shape index (κ3) is 4.07. The third-order valence-electron chi connectivity index (χ3n) is 3.82. The molecule has 0 unspecified atom stereocenters. The molecule has 3 aromatic rings. The molecular weight excluding hydrogens is 389 g/mol. The van der Waals surface area contributed by atoms with Crippen molar-refractivity contribution >= 4 is 46.4 Å². The predicted octanol–water partition coefficient (Wildman–Crippen LogP) is 4.77. The number of aromatic nitrogens is 2. The maximum absolute atomic E-state index is 12.8. The number of imidazole rings is 1. The topological polar surface area (TPSA) is 72.7 Å². The Balaban J connectivity index is 1.89. The Morgan fingerprint density at radius 1 is 1.26 bits per heavy atom. The van der Waals surface area contributed by atoms with Crippen molar-refractivity contribution < 1.29 is 14.3 Å². The van der Waals surface area contributed by atoms with Crippen LogP contribution in [0.1, 0.15) is 39.9 Å². The monoisotopic (exact) mass is 405 g/mol. The zero-order valence-corrected chi connectivity index (χ0v) is 16.3. The summed E-state index contributed by atoms with van der Waals surface area (Å²) in [6.07, 6.45) is 2.32. The number of ether oxygens (including phenoxy) is 1. The van der Waals surface area contributed by atoms with Gasteiger partial charge >= 0.3 is 5.97 Å². The van der Waals surface area contributed by atoms with Gasteiger partial charge in [0.1, 0.15) is 5.69 Å². The molecule has 1 N–H and O–H groups in total. The second kappa shape index (κ2) is 7.98. The molecule has 0 spiro atoms. The summed E-state index contributed by atoms with van der Waals surface area (Å²) in [6, 6.07) is 8.12. The van der Waals surface area contributed by atoms with Gasteiger partial charge in [-0.05, 0) is 37.6 Å². The quantitative estimate of drug-likeness (QED) is 0.620. The molecular formula is C19H17Cl2N3O3. The van der Waals surface area contributed by atoms with Crippen molar-refractivity contribution in [1.29, 1.82) is 0 Å². The van der Waals surface area contributed by atoms with Crippen molar-refractivity contribution in [2.75, 3.05) is 11.9 Å². The first-order valence-corrected chi connectivity index (χ1v) is 9.08. The number of esters is 1. The largest absolute Gasteiger partial charge is 0.462 e. The number of nitrogens with zero attached hydrogens (tertiary/aromatic N) is 2. The van der Waals surface area contributed by atoms with Crippen LogP contribution in [0.25, 0.3) is 5.65 Å². The fraction of sp³-hybridized carbons (Fsp3) is 0.211. The average molecular weight is 406 g/mol. The number of benzene rings is 1. The van der Waals surface area contributed by atoms with Crippen molar-refractivity contribution in [3.05, 3.63) is 63.5 Å². The zero-order valence-electron chi connectivity index (χ0n) is 14.8. The molecule has 0 saturated carbocycles. The Morgan fingerprint density at radius 2 is 2.04 bits per heavy atom. The Labute approximate surface area is 166 Å². The number of hydrogen-bond donors (Lipinski definition) is 1. The lowest BCUT2D eigenvalue weighted by molar-refractivity contribution is 0.0505. The van der Waals surface area contributed by atoms with Crippen LogP contribution in [-0.4, -0.2) is 27.9 Å². The van der Waals surface area contributed by atoms with Crippen LogP contribution in [0, 0.1) is 6.92 Å². The molecule has 0 fully saturated rings. The highest BCUT2D eigenvalue weighted by Gasteiger charge is 2.19. The van der Waals surface area contributed by atoms with Crippen LogP contribution < -0.4 is 5.32 Å². The number of hydrogen-bond acceptors (Lipinski definition) is 4. The molecule has 0 bridgehead atoms. The number of pyridine rings is 1. The summed E-state index contributed by atoms with van der Waals surface area (Å²) in [5.41, 5.74) is 2.10. The minimum atomic E-state index is -0.433. The van der Waals surface area contributed by atoms with E-state index < -0.39 is 11.9 Å². The normalized spacial score (nSPS) is 10.8. The summed E-state index contributed by atoms with van der Waals surface area (Å²) in [5.74, 6) is -0.824. The first kappa shape index (κ1) is 19.2. The lowest BCUT2D eigenvalue weighted by Gasteiger charge is -2.08. The van der Waals surface area contributed by atoms with Gasteiger partial charge in [0.25, 0.3) is 5.91 Å². The molecule has 8 heteroatoms. The molecule has 140 valence electrons. The number of aryl methyl sites for hydroxylation is 1. The van der Waals surface area contributed by atoms with Gasteiger partial charge in [0.2, 0.25) is 0 Å². The molecule has 2 heterocycles. The highest BCUT2D eigenvalue weighted by Crippen LogP contribution is 2.25. The average Bonchev–Trinajstić information content (AvgIpc) is 2.96. The lowest BCUT2D eigenvalue weighted by atomic mass is 10.2. The van der Waals surface area contributed by atoms with Gasteiger partial charge in [0.05, 0.1) is 27.9 Å². The Bertz CT molecular complexity index is 1030. The fourth-order valence-electron chi connectivity index (χ4n) is 2.65. The van der Waals surface area contributed by atoms with Crippen molar-refractivity contribution in [2.24, 2.45) is 0 Å². The van der Waals surface area contributed by atoms with Gasteiger partial charge < -0.3 is 10.1 Å². The highest BCUT2D eigenvalue weighted by molar-refractivity contribution is 6.36. The minimum Gasteiger partial charge on any atom is -0.462 e. The van der Waals surface area contributed by atoms with Crippen LogP contribution in [0.4, 0.5) is 5.69 Å². The van der Waals surface area contributed by atoms with Gasteiger partial charge in [-0.1, -0.05) is 36.2 Å². The molecule has 0 atom stereocenters. The van der Waals surface area contributed by atoms with E-state index in [0.29, 0.717) is 44.9 Å². The Morgan fingerprint density at radius 3 is 2.78 bits per heavy atom. The highest BCUT2D eigenvalue weighted by atomic mass is 35.5. The number of fused-ring (bicyclic) bond motifs is 1. The van der Waals surface area contributed by atoms with E-state index in [2.05, 4.69) is 10.3 Å². The van der Waals surface area contributed by atoms with Crippen molar-refractivity contribution in [3.63, 3.8) is 0 Å². The summed E-state index contributed by atoms with van der Waals surface area (Å²) in [4.78, 5) is 29.1. The summed E-state index contributed by atoms with van der Waals surface area (Å²) >= 11 is 12.2. The van der Waals surface area contributed by atoms with Crippen LogP contribution in [0.15, 0.2) is 36.5 Å². The van der Waals surface area contributed by atoms with Gasteiger partial charge in [-0.25, -0.2) is 9.78 Å². The van der Waals surface area contributed by atoms with E-state index >= 15 is 0 Å². The van der Waals surface area contributed by atoms with E-state index in [9.17, 15) is 9.59 Å². The molecule has 2 aromatic heterocycles. The van der Waals surface area contributed by atoms with Crippen molar-refractivity contribution in [2.45, 2.75) is 20.3 Å². The summed E-state index contributed by atoms with van der Waals surface area (Å²) in [5, 5.41) is 3.51. The van der Waals surface area contributed by atoms with E-state index in [1.165, 1.54) is 0 Å². The Hall–Kier alpha value is -2.57. The zero-order chi connectivity index (χ0) is 19.6. The second-order valence-corrected chi connectivity index (χ2v) is 6.76. The molecule has 6 nitrogen and oxygen atoms in total. The van der Waals surface area contributed by atoms with Gasteiger partial charge in [-0.15, -0.1) is 0 Å². The molecule has 0 saturated heterocycles. The van der Waals surface area contributed by atoms with Crippen molar-refractivity contribution in [3.8, 4) is 0 Å². The second-order valence-electron chi connectivity index (χ2n) is 5.92. The van der Waals surface area contributed by atoms with Crippen LogP contribution in [0.5, 0.6) is 0 Å². The van der Waals surface area contributed by atoms with Gasteiger partial charge in [0.15, 0.2) is 5.65 Å². The molecule has 1 amide bonds. The molecule has 0 radical (unpaired) electrons. The van der Waals surface area contributed by atoms with Gasteiger partial charge in [-0.2, -0.15) is 0 Å². The first-order valence-electron chi connectivity index (χ1n) is 8.33. The van der Waals surface area contributed by atoms with Crippen LogP contribution in [0.3, 0.4) is 0 Å². The summed E-state index contributed by atoms with van der Waals surface area (Å²) in [6.45, 7) is 3.98. The van der Waals surface area contributed by atoms with E-state index in [0.717, 1.165) is 6.42 Å². The molecule has 1 aromatic carbocycles. The molecule has 0 aliphatic rings. The summed E-state index contributed by atoms with van der Waals surface area (Å²) in [7, 11) is 0. The maximum atomic E-state index is 12.8.